The summed E-state index contributed by atoms with van der Waals surface area (Å²) in [6.45, 7) is 0.0275. The fourth-order valence-corrected chi connectivity index (χ4v) is 5.66. The zero-order valence-electron chi connectivity index (χ0n) is 12.8. The van der Waals surface area contributed by atoms with Gasteiger partial charge in [0.25, 0.3) is 15.6 Å². The monoisotopic (exact) mass is 369 g/mol. The Kier molecular flexibility index (Phi) is 2.87. The molecule has 0 radical (unpaired) electrons. The highest BCUT2D eigenvalue weighted by molar-refractivity contribution is 7.93. The first-order chi connectivity index (χ1) is 12.1. The number of aromatic nitrogens is 2. The van der Waals surface area contributed by atoms with Crippen molar-refractivity contribution in [2.75, 3.05) is 4.31 Å². The van der Waals surface area contributed by atoms with E-state index in [1.807, 2.05) is 18.2 Å². The van der Waals surface area contributed by atoms with Crippen molar-refractivity contribution in [1.82, 2.24) is 9.38 Å². The molecule has 0 atom stereocenters. The van der Waals surface area contributed by atoms with Crippen LogP contribution < -0.4 is 9.86 Å². The molecule has 0 amide bonds. The van der Waals surface area contributed by atoms with E-state index in [9.17, 15) is 13.2 Å². The summed E-state index contributed by atoms with van der Waals surface area (Å²) < 4.78 is 28.7. The Bertz CT molecular complexity index is 1320. The molecule has 2 aromatic heterocycles. The number of fused-ring (bicyclic) bond motifs is 1. The predicted molar refractivity (Wildman–Crippen MR) is 96.7 cm³/mol. The van der Waals surface area contributed by atoms with Crippen LogP contribution in [-0.4, -0.2) is 17.8 Å². The molecule has 0 bridgehead atoms. The molecule has 0 unspecified atom stereocenters. The number of hydrogen-bond donors (Lipinski definition) is 0. The van der Waals surface area contributed by atoms with Crippen molar-refractivity contribution in [1.29, 1.82) is 0 Å². The van der Waals surface area contributed by atoms with Crippen molar-refractivity contribution in [3.63, 3.8) is 0 Å². The zero-order valence-corrected chi connectivity index (χ0v) is 14.4. The van der Waals surface area contributed by atoms with Crippen LogP contribution in [0.15, 0.2) is 63.7 Å². The minimum Gasteiger partial charge on any atom is -0.269 e. The molecule has 0 saturated heterocycles. The van der Waals surface area contributed by atoms with E-state index in [0.717, 1.165) is 10.8 Å². The maximum absolute atomic E-state index is 13.0. The quantitative estimate of drug-likeness (QED) is 0.545. The molecular weight excluding hydrogens is 358 g/mol. The Hall–Kier alpha value is -2.71. The summed E-state index contributed by atoms with van der Waals surface area (Å²) in [5.41, 5.74) is 0.843. The number of rotatable bonds is 2. The van der Waals surface area contributed by atoms with E-state index in [1.165, 1.54) is 26.1 Å². The molecule has 124 valence electrons. The minimum atomic E-state index is -3.66. The van der Waals surface area contributed by atoms with Crippen LogP contribution in [0.5, 0.6) is 0 Å². The highest BCUT2D eigenvalue weighted by Gasteiger charge is 2.35. The molecule has 0 aliphatic carbocycles. The van der Waals surface area contributed by atoms with Gasteiger partial charge in [0, 0.05) is 23.0 Å². The third kappa shape index (κ3) is 1.98. The third-order valence-corrected chi connectivity index (χ3v) is 6.90. The summed E-state index contributed by atoms with van der Waals surface area (Å²) in [4.78, 5) is 17.4. The SMILES string of the molecule is O=c1cc(CN2c3cccc4cccc(c34)S2(=O)=O)nc2sccn12. The summed E-state index contributed by atoms with van der Waals surface area (Å²) in [5.74, 6) is 0. The summed E-state index contributed by atoms with van der Waals surface area (Å²) in [7, 11) is -3.66. The summed E-state index contributed by atoms with van der Waals surface area (Å²) >= 11 is 1.34. The fourth-order valence-electron chi connectivity index (χ4n) is 3.24. The molecule has 1 aliphatic heterocycles. The highest BCUT2D eigenvalue weighted by Crippen LogP contribution is 2.42. The van der Waals surface area contributed by atoms with Gasteiger partial charge in [-0.3, -0.25) is 13.5 Å². The van der Waals surface area contributed by atoms with Gasteiger partial charge < -0.3 is 0 Å². The number of benzene rings is 2. The molecule has 0 saturated carbocycles. The van der Waals surface area contributed by atoms with Gasteiger partial charge in [0.15, 0.2) is 4.96 Å². The van der Waals surface area contributed by atoms with Gasteiger partial charge in [-0.2, -0.15) is 0 Å². The van der Waals surface area contributed by atoms with Crippen LogP contribution in [-0.2, 0) is 16.6 Å². The molecule has 1 aliphatic rings. The van der Waals surface area contributed by atoms with Gasteiger partial charge >= 0.3 is 0 Å². The van der Waals surface area contributed by atoms with E-state index in [2.05, 4.69) is 4.98 Å². The topological polar surface area (TPSA) is 71.8 Å². The summed E-state index contributed by atoms with van der Waals surface area (Å²) in [6.07, 6.45) is 1.66. The maximum Gasteiger partial charge on any atom is 0.265 e. The first-order valence-electron chi connectivity index (χ1n) is 7.56. The fraction of sp³-hybridized carbons (Fsp3) is 0.0588. The van der Waals surface area contributed by atoms with Crippen molar-refractivity contribution in [2.45, 2.75) is 11.4 Å². The number of thiazole rings is 1. The van der Waals surface area contributed by atoms with Gasteiger partial charge in [0.2, 0.25) is 0 Å². The molecule has 0 fully saturated rings. The second-order valence-electron chi connectivity index (χ2n) is 5.78. The number of sulfonamides is 1. The standard InChI is InChI=1S/C17H11N3O3S2/c21-15-9-12(18-17-19(15)7-8-24-17)10-20-13-5-1-3-11-4-2-6-14(16(11)13)25(20,22)23/h1-9H,10H2. The van der Waals surface area contributed by atoms with Crippen LogP contribution in [0.25, 0.3) is 15.7 Å². The molecule has 0 N–H and O–H groups in total. The molecular formula is C17H11N3O3S2. The van der Waals surface area contributed by atoms with Crippen molar-refractivity contribution < 1.29 is 8.42 Å². The van der Waals surface area contributed by atoms with E-state index in [0.29, 0.717) is 21.2 Å². The average molecular weight is 369 g/mol. The van der Waals surface area contributed by atoms with Crippen molar-refractivity contribution >= 4 is 42.8 Å². The van der Waals surface area contributed by atoms with Crippen molar-refractivity contribution in [3.8, 4) is 0 Å². The van der Waals surface area contributed by atoms with E-state index in [4.69, 9.17) is 0 Å². The minimum absolute atomic E-state index is 0.0275. The lowest BCUT2D eigenvalue weighted by Crippen LogP contribution is -2.28. The Labute approximate surface area is 146 Å². The van der Waals surface area contributed by atoms with E-state index in [-0.39, 0.29) is 12.1 Å². The van der Waals surface area contributed by atoms with Crippen LogP contribution in [0, 0.1) is 0 Å². The van der Waals surface area contributed by atoms with Crippen LogP contribution >= 0.6 is 11.3 Å². The van der Waals surface area contributed by atoms with Crippen LogP contribution in [0.4, 0.5) is 5.69 Å². The Morgan fingerprint density at radius 1 is 1.12 bits per heavy atom. The lowest BCUT2D eigenvalue weighted by molar-refractivity contribution is 0.593. The normalized spacial score (nSPS) is 15.3. The van der Waals surface area contributed by atoms with Gasteiger partial charge in [0.1, 0.15) is 0 Å². The first-order valence-corrected chi connectivity index (χ1v) is 9.88. The predicted octanol–water partition coefficient (Wildman–Crippen LogP) is 2.62. The lowest BCUT2D eigenvalue weighted by Gasteiger charge is -2.18. The maximum atomic E-state index is 13.0. The molecule has 5 rings (SSSR count). The molecule has 25 heavy (non-hydrogen) atoms. The van der Waals surface area contributed by atoms with Crippen LogP contribution in [0.3, 0.4) is 0 Å². The molecule has 6 nitrogen and oxygen atoms in total. The second-order valence-corrected chi connectivity index (χ2v) is 8.49. The van der Waals surface area contributed by atoms with Crippen molar-refractivity contribution in [3.05, 3.63) is 70.1 Å². The molecule has 4 aromatic rings. The molecule has 2 aromatic carbocycles. The largest absolute Gasteiger partial charge is 0.269 e. The van der Waals surface area contributed by atoms with Gasteiger partial charge in [0.05, 0.1) is 22.8 Å². The van der Waals surface area contributed by atoms with Crippen LogP contribution in [0.2, 0.25) is 0 Å². The highest BCUT2D eigenvalue weighted by atomic mass is 32.2. The van der Waals surface area contributed by atoms with Gasteiger partial charge in [-0.25, -0.2) is 13.4 Å². The lowest BCUT2D eigenvalue weighted by atomic mass is 10.1. The van der Waals surface area contributed by atoms with Crippen molar-refractivity contribution in [2.24, 2.45) is 0 Å². The average Bonchev–Trinajstić information content (AvgIpc) is 3.14. The van der Waals surface area contributed by atoms with E-state index < -0.39 is 10.0 Å². The van der Waals surface area contributed by atoms with Gasteiger partial charge in [-0.15, -0.1) is 11.3 Å². The Balaban J connectivity index is 1.70. The Morgan fingerprint density at radius 2 is 1.92 bits per heavy atom. The Morgan fingerprint density at radius 3 is 2.76 bits per heavy atom. The van der Waals surface area contributed by atoms with E-state index >= 15 is 0 Å². The van der Waals surface area contributed by atoms with Crippen LogP contribution in [0.1, 0.15) is 5.69 Å². The smallest absolute Gasteiger partial charge is 0.265 e. The zero-order chi connectivity index (χ0) is 17.2. The first kappa shape index (κ1) is 14.6. The molecule has 0 spiro atoms. The second kappa shape index (κ2) is 4.90. The number of hydrogen-bond acceptors (Lipinski definition) is 5. The third-order valence-electron chi connectivity index (χ3n) is 4.34. The number of anilines is 1. The molecule has 3 heterocycles. The molecule has 8 heteroatoms. The van der Waals surface area contributed by atoms with E-state index in [1.54, 1.807) is 29.8 Å². The summed E-state index contributed by atoms with van der Waals surface area (Å²) in [6, 6.07) is 12.1. The van der Waals surface area contributed by atoms with Gasteiger partial charge in [-0.05, 0) is 17.5 Å². The number of nitrogens with zero attached hydrogens (tertiary/aromatic N) is 3. The summed E-state index contributed by atoms with van der Waals surface area (Å²) in [5, 5.41) is 3.37. The van der Waals surface area contributed by atoms with Gasteiger partial charge in [-0.1, -0.05) is 24.3 Å².